The Morgan fingerprint density at radius 1 is 1.03 bits per heavy atom. The van der Waals surface area contributed by atoms with Gasteiger partial charge in [0.2, 0.25) is 5.78 Å². The average molecular weight is 425 g/mol. The zero-order valence-electron chi connectivity index (χ0n) is 17.3. The fraction of sp³-hybridized carbons (Fsp3) is 0.375. The van der Waals surface area contributed by atoms with E-state index in [4.69, 9.17) is 4.74 Å². The highest BCUT2D eigenvalue weighted by Crippen LogP contribution is 2.38. The second-order valence-electron chi connectivity index (χ2n) is 8.03. The summed E-state index contributed by atoms with van der Waals surface area (Å²) in [5.74, 6) is -3.25. The van der Waals surface area contributed by atoms with Gasteiger partial charge in [-0.1, -0.05) is 42.5 Å². The van der Waals surface area contributed by atoms with Gasteiger partial charge in [0.25, 0.3) is 5.91 Å². The summed E-state index contributed by atoms with van der Waals surface area (Å²) < 4.78 is 18.9. The van der Waals surface area contributed by atoms with Gasteiger partial charge in [-0.3, -0.25) is 14.4 Å². The lowest BCUT2D eigenvalue weighted by Crippen LogP contribution is -3.14. The van der Waals surface area contributed by atoms with Crippen LogP contribution >= 0.6 is 0 Å². The number of carbonyl (C=O) groups excluding carboxylic acids is 3. The van der Waals surface area contributed by atoms with Crippen molar-refractivity contribution in [3.8, 4) is 0 Å². The van der Waals surface area contributed by atoms with E-state index in [2.05, 4.69) is 0 Å². The molecule has 6 nitrogen and oxygen atoms in total. The highest BCUT2D eigenvalue weighted by Gasteiger charge is 2.51. The summed E-state index contributed by atoms with van der Waals surface area (Å²) in [5.41, 5.74) is 0.981. The molecule has 0 saturated carbocycles. The number of ether oxygens (including phenoxy) is 1. The average Bonchev–Trinajstić information content (AvgIpc) is 3.05. The van der Waals surface area contributed by atoms with Gasteiger partial charge in [-0.15, -0.1) is 0 Å². The first-order chi connectivity index (χ1) is 15.1. The highest BCUT2D eigenvalue weighted by atomic mass is 19.1. The van der Waals surface area contributed by atoms with E-state index in [1.54, 1.807) is 42.5 Å². The van der Waals surface area contributed by atoms with Gasteiger partial charge in [-0.25, -0.2) is 4.39 Å². The van der Waals surface area contributed by atoms with E-state index in [-0.39, 0.29) is 5.78 Å². The van der Waals surface area contributed by atoms with E-state index < -0.39 is 29.5 Å². The Balaban J connectivity index is 1.59. The molecule has 0 aliphatic carbocycles. The summed E-state index contributed by atoms with van der Waals surface area (Å²) in [6.45, 7) is 4.52. The van der Waals surface area contributed by atoms with Crippen molar-refractivity contribution < 1.29 is 28.4 Å². The Morgan fingerprint density at radius 2 is 1.71 bits per heavy atom. The standard InChI is InChI=1S/C24H25FN2O4/c25-19-9-7-17(8-10-19)21-20(22(28)18-5-2-1-3-6-18)23(29)24(30)27(21)12-4-11-26-13-15-31-16-14-26/h1-3,5-10,20-21H,4,11-16H2/p+1. The minimum Gasteiger partial charge on any atom is -0.370 e. The van der Waals surface area contributed by atoms with Crippen molar-refractivity contribution in [1.82, 2.24) is 4.90 Å². The van der Waals surface area contributed by atoms with Crippen molar-refractivity contribution in [1.29, 1.82) is 0 Å². The number of benzene rings is 2. The molecule has 2 heterocycles. The Morgan fingerprint density at radius 3 is 2.39 bits per heavy atom. The Bertz CT molecular complexity index is 942. The molecule has 7 heteroatoms. The number of Topliss-reactive ketones (excluding diaryl/α,β-unsaturated/α-hetero) is 2. The molecular weight excluding hydrogens is 399 g/mol. The van der Waals surface area contributed by atoms with Gasteiger partial charge in [-0.2, -0.15) is 0 Å². The SMILES string of the molecule is O=C1C(=O)N(CCC[NH+]2CCOCC2)C(c2ccc(F)cc2)C1C(=O)c1ccccc1. The highest BCUT2D eigenvalue weighted by molar-refractivity contribution is 6.44. The van der Waals surface area contributed by atoms with Crippen LogP contribution < -0.4 is 4.90 Å². The molecule has 0 bridgehead atoms. The van der Waals surface area contributed by atoms with Crippen LogP contribution in [0, 0.1) is 11.7 Å². The third-order valence-corrected chi connectivity index (χ3v) is 6.09. The number of morpholine rings is 1. The number of nitrogens with zero attached hydrogens (tertiary/aromatic N) is 1. The maximum absolute atomic E-state index is 13.5. The normalized spacial score (nSPS) is 22.2. The number of halogens is 1. The molecule has 0 radical (unpaired) electrons. The topological polar surface area (TPSA) is 68.1 Å². The number of hydrogen-bond donors (Lipinski definition) is 1. The van der Waals surface area contributed by atoms with E-state index in [9.17, 15) is 18.8 Å². The van der Waals surface area contributed by atoms with Crippen LogP contribution in [0.3, 0.4) is 0 Å². The molecule has 2 fully saturated rings. The number of likely N-dealkylation sites (tertiary alicyclic amines) is 1. The molecule has 31 heavy (non-hydrogen) atoms. The predicted molar refractivity (Wildman–Crippen MR) is 111 cm³/mol. The number of nitrogens with one attached hydrogen (secondary N) is 1. The fourth-order valence-electron chi connectivity index (χ4n) is 4.45. The molecule has 2 aromatic rings. The van der Waals surface area contributed by atoms with Gasteiger partial charge in [0, 0.05) is 18.5 Å². The molecule has 2 aliphatic heterocycles. The van der Waals surface area contributed by atoms with Gasteiger partial charge in [-0.05, 0) is 17.7 Å². The van der Waals surface area contributed by atoms with E-state index >= 15 is 0 Å². The van der Waals surface area contributed by atoms with Gasteiger partial charge < -0.3 is 14.5 Å². The van der Waals surface area contributed by atoms with Crippen LogP contribution in [0.1, 0.15) is 28.4 Å². The molecule has 2 aliphatic rings. The molecule has 0 aromatic heterocycles. The summed E-state index contributed by atoms with van der Waals surface area (Å²) in [6, 6.07) is 13.5. The summed E-state index contributed by atoms with van der Waals surface area (Å²) in [6.07, 6.45) is 0.707. The van der Waals surface area contributed by atoms with Crippen LogP contribution in [0.15, 0.2) is 54.6 Å². The number of ketones is 2. The van der Waals surface area contributed by atoms with Crippen molar-refractivity contribution in [2.75, 3.05) is 39.4 Å². The van der Waals surface area contributed by atoms with E-state index in [1.165, 1.54) is 21.9 Å². The van der Waals surface area contributed by atoms with Crippen molar-refractivity contribution in [3.63, 3.8) is 0 Å². The van der Waals surface area contributed by atoms with Crippen molar-refractivity contribution in [3.05, 3.63) is 71.5 Å². The van der Waals surface area contributed by atoms with Crippen molar-refractivity contribution in [2.45, 2.75) is 12.5 Å². The Labute approximate surface area is 180 Å². The van der Waals surface area contributed by atoms with Crippen LogP contribution in [-0.4, -0.2) is 61.8 Å². The van der Waals surface area contributed by atoms with Crippen molar-refractivity contribution >= 4 is 17.5 Å². The third kappa shape index (κ3) is 4.57. The lowest BCUT2D eigenvalue weighted by atomic mass is 9.86. The smallest absolute Gasteiger partial charge is 0.291 e. The molecule has 2 saturated heterocycles. The summed E-state index contributed by atoms with van der Waals surface area (Å²) >= 11 is 0. The molecule has 4 rings (SSSR count). The molecule has 0 spiro atoms. The van der Waals surface area contributed by atoms with Gasteiger partial charge in [0.15, 0.2) is 5.78 Å². The van der Waals surface area contributed by atoms with Crippen LogP contribution in [0.5, 0.6) is 0 Å². The number of quaternary nitrogens is 1. The van der Waals surface area contributed by atoms with Gasteiger partial charge in [0.1, 0.15) is 24.8 Å². The zero-order valence-corrected chi connectivity index (χ0v) is 17.3. The van der Waals surface area contributed by atoms with Gasteiger partial charge >= 0.3 is 0 Å². The van der Waals surface area contributed by atoms with Crippen LogP contribution in [-0.2, 0) is 14.3 Å². The van der Waals surface area contributed by atoms with Crippen LogP contribution in [0.25, 0.3) is 0 Å². The summed E-state index contributed by atoms with van der Waals surface area (Å²) in [4.78, 5) is 42.0. The third-order valence-electron chi connectivity index (χ3n) is 6.09. The number of hydrogen-bond acceptors (Lipinski definition) is 4. The fourth-order valence-corrected chi connectivity index (χ4v) is 4.45. The summed E-state index contributed by atoms with van der Waals surface area (Å²) in [7, 11) is 0. The van der Waals surface area contributed by atoms with E-state index in [0.29, 0.717) is 24.1 Å². The quantitative estimate of drug-likeness (QED) is 0.410. The maximum Gasteiger partial charge on any atom is 0.291 e. The molecule has 162 valence electrons. The zero-order chi connectivity index (χ0) is 21.8. The minimum absolute atomic E-state index is 0.371. The maximum atomic E-state index is 13.5. The predicted octanol–water partition coefficient (Wildman–Crippen LogP) is 1.08. The first kappa shape index (κ1) is 21.3. The largest absolute Gasteiger partial charge is 0.370 e. The first-order valence-electron chi connectivity index (χ1n) is 10.7. The molecule has 1 amide bonds. The minimum atomic E-state index is -1.13. The van der Waals surface area contributed by atoms with Crippen LogP contribution in [0.2, 0.25) is 0 Å². The second-order valence-corrected chi connectivity index (χ2v) is 8.03. The second kappa shape index (κ2) is 9.49. The first-order valence-corrected chi connectivity index (χ1v) is 10.7. The monoisotopic (exact) mass is 425 g/mol. The molecule has 1 N–H and O–H groups in total. The van der Waals surface area contributed by atoms with Crippen LogP contribution in [0.4, 0.5) is 4.39 Å². The number of amides is 1. The molecular formula is C24H26FN2O4+. The lowest BCUT2D eigenvalue weighted by Gasteiger charge is -2.28. The van der Waals surface area contributed by atoms with E-state index in [1.807, 2.05) is 0 Å². The molecule has 2 aromatic carbocycles. The summed E-state index contributed by atoms with van der Waals surface area (Å²) in [5, 5.41) is 0. The lowest BCUT2D eigenvalue weighted by molar-refractivity contribution is -0.908. The molecule has 2 unspecified atom stereocenters. The Hall–Kier alpha value is -2.90. The van der Waals surface area contributed by atoms with Gasteiger partial charge in [0.05, 0.1) is 25.8 Å². The Kier molecular flexibility index (Phi) is 6.53. The number of carbonyl (C=O) groups is 3. The van der Waals surface area contributed by atoms with E-state index in [0.717, 1.165) is 32.8 Å². The van der Waals surface area contributed by atoms with Crippen molar-refractivity contribution in [2.24, 2.45) is 5.92 Å². The molecule has 2 atom stereocenters. The number of rotatable bonds is 7.